The van der Waals surface area contributed by atoms with E-state index in [2.05, 4.69) is 10.2 Å². The topological polar surface area (TPSA) is 76.8 Å². The minimum Gasteiger partial charge on any atom is -0.379 e. The van der Waals surface area contributed by atoms with Crippen LogP contribution < -0.4 is 11.1 Å². The number of hydrogen-bond donors (Lipinski definition) is 2. The second-order valence-corrected chi connectivity index (χ2v) is 4.55. The van der Waals surface area contributed by atoms with Gasteiger partial charge in [0.1, 0.15) is 0 Å². The molecule has 2 aliphatic heterocycles. The Kier molecular flexibility index (Phi) is 4.73. The molecule has 2 rings (SSSR count). The van der Waals surface area contributed by atoms with Crippen LogP contribution in [0.5, 0.6) is 0 Å². The third-order valence-electron chi connectivity index (χ3n) is 3.29. The molecule has 2 unspecified atom stereocenters. The number of amides is 1. The molecular formula is C11H21N3O3. The second-order valence-electron chi connectivity index (χ2n) is 4.55. The molecule has 6 nitrogen and oxygen atoms in total. The van der Waals surface area contributed by atoms with E-state index in [4.69, 9.17) is 15.2 Å². The third-order valence-corrected chi connectivity index (χ3v) is 3.29. The van der Waals surface area contributed by atoms with E-state index in [1.54, 1.807) is 0 Å². The van der Waals surface area contributed by atoms with Crippen molar-refractivity contribution in [1.82, 2.24) is 10.2 Å². The van der Waals surface area contributed by atoms with Gasteiger partial charge in [0.15, 0.2) is 0 Å². The lowest BCUT2D eigenvalue weighted by atomic mass is 10.0. The van der Waals surface area contributed by atoms with Crippen LogP contribution in [0.2, 0.25) is 0 Å². The molecule has 17 heavy (non-hydrogen) atoms. The van der Waals surface area contributed by atoms with Crippen molar-refractivity contribution in [1.29, 1.82) is 0 Å². The van der Waals surface area contributed by atoms with Crippen LogP contribution in [0.1, 0.15) is 0 Å². The van der Waals surface area contributed by atoms with Crippen LogP contribution in [0.3, 0.4) is 0 Å². The number of rotatable bonds is 4. The summed E-state index contributed by atoms with van der Waals surface area (Å²) >= 11 is 0. The smallest absolute Gasteiger partial charge is 0.227 e. The van der Waals surface area contributed by atoms with Gasteiger partial charge in [0.25, 0.3) is 0 Å². The quantitative estimate of drug-likeness (QED) is 0.622. The molecule has 2 atom stereocenters. The molecule has 2 saturated heterocycles. The van der Waals surface area contributed by atoms with E-state index in [9.17, 15) is 4.79 Å². The van der Waals surface area contributed by atoms with E-state index in [-0.39, 0.29) is 17.9 Å². The number of nitrogens with zero attached hydrogens (tertiary/aromatic N) is 1. The van der Waals surface area contributed by atoms with Gasteiger partial charge in [-0.3, -0.25) is 9.69 Å². The predicted molar refractivity (Wildman–Crippen MR) is 62.6 cm³/mol. The lowest BCUT2D eigenvalue weighted by Gasteiger charge is -2.26. The number of carbonyl (C=O) groups is 1. The van der Waals surface area contributed by atoms with Gasteiger partial charge in [0.2, 0.25) is 5.91 Å². The fourth-order valence-electron chi connectivity index (χ4n) is 2.13. The molecule has 0 aromatic heterocycles. The Labute approximate surface area is 101 Å². The first kappa shape index (κ1) is 12.8. The van der Waals surface area contributed by atoms with Gasteiger partial charge in [-0.05, 0) is 0 Å². The standard InChI is InChI=1S/C11H21N3O3/c12-10-8-17-7-9(10)11(15)13-1-2-14-3-5-16-6-4-14/h9-10H,1-8,12H2,(H,13,15). The average molecular weight is 243 g/mol. The fourth-order valence-corrected chi connectivity index (χ4v) is 2.13. The Hall–Kier alpha value is -0.690. The molecule has 0 aromatic rings. The molecule has 98 valence electrons. The summed E-state index contributed by atoms with van der Waals surface area (Å²) in [4.78, 5) is 14.1. The van der Waals surface area contributed by atoms with Gasteiger partial charge in [-0.25, -0.2) is 0 Å². The summed E-state index contributed by atoms with van der Waals surface area (Å²) in [5.74, 6) is -0.164. The Morgan fingerprint density at radius 2 is 2.06 bits per heavy atom. The maximum Gasteiger partial charge on any atom is 0.227 e. The SMILES string of the molecule is NC1COCC1C(=O)NCCN1CCOCC1. The number of nitrogens with two attached hydrogens (primary N) is 1. The summed E-state index contributed by atoms with van der Waals surface area (Å²) in [5, 5.41) is 2.92. The first-order valence-corrected chi connectivity index (χ1v) is 6.18. The lowest BCUT2D eigenvalue weighted by Crippen LogP contribution is -2.45. The molecule has 0 saturated carbocycles. The normalized spacial score (nSPS) is 30.4. The van der Waals surface area contributed by atoms with Gasteiger partial charge >= 0.3 is 0 Å². The highest BCUT2D eigenvalue weighted by atomic mass is 16.5. The van der Waals surface area contributed by atoms with Crippen molar-refractivity contribution in [2.45, 2.75) is 6.04 Å². The fraction of sp³-hybridized carbons (Fsp3) is 0.909. The summed E-state index contributed by atoms with van der Waals surface area (Å²) < 4.78 is 10.4. The Morgan fingerprint density at radius 3 is 2.71 bits per heavy atom. The van der Waals surface area contributed by atoms with E-state index in [1.807, 2.05) is 0 Å². The first-order valence-electron chi connectivity index (χ1n) is 6.18. The summed E-state index contributed by atoms with van der Waals surface area (Å²) in [7, 11) is 0. The molecule has 0 aliphatic carbocycles. The van der Waals surface area contributed by atoms with Crippen molar-refractivity contribution in [3.8, 4) is 0 Å². The molecule has 1 amide bonds. The maximum atomic E-state index is 11.8. The minimum atomic E-state index is -0.181. The Bertz CT molecular complexity index is 256. The van der Waals surface area contributed by atoms with Gasteiger partial charge in [0, 0.05) is 32.2 Å². The molecular weight excluding hydrogens is 222 g/mol. The van der Waals surface area contributed by atoms with Crippen molar-refractivity contribution in [3.63, 3.8) is 0 Å². The Balaban J connectivity index is 1.62. The number of ether oxygens (including phenoxy) is 2. The lowest BCUT2D eigenvalue weighted by molar-refractivity contribution is -0.125. The summed E-state index contributed by atoms with van der Waals surface area (Å²) in [6, 6.07) is -0.154. The molecule has 0 radical (unpaired) electrons. The van der Waals surface area contributed by atoms with Gasteiger partial charge in [-0.2, -0.15) is 0 Å². The van der Waals surface area contributed by atoms with E-state index < -0.39 is 0 Å². The van der Waals surface area contributed by atoms with Gasteiger partial charge in [-0.15, -0.1) is 0 Å². The van der Waals surface area contributed by atoms with Crippen molar-refractivity contribution in [2.75, 3.05) is 52.6 Å². The highest BCUT2D eigenvalue weighted by Crippen LogP contribution is 2.11. The number of nitrogens with one attached hydrogen (secondary N) is 1. The maximum absolute atomic E-state index is 11.8. The van der Waals surface area contributed by atoms with Gasteiger partial charge in [-0.1, -0.05) is 0 Å². The highest BCUT2D eigenvalue weighted by molar-refractivity contribution is 5.79. The molecule has 6 heteroatoms. The third kappa shape index (κ3) is 3.64. The zero-order valence-electron chi connectivity index (χ0n) is 10.1. The van der Waals surface area contributed by atoms with Crippen molar-refractivity contribution >= 4 is 5.91 Å². The average Bonchev–Trinajstić information content (AvgIpc) is 2.77. The summed E-state index contributed by atoms with van der Waals surface area (Å²) in [6.45, 7) is 5.94. The van der Waals surface area contributed by atoms with Crippen LogP contribution in [0.15, 0.2) is 0 Å². The molecule has 0 bridgehead atoms. The monoisotopic (exact) mass is 243 g/mol. The van der Waals surface area contributed by atoms with Crippen LogP contribution in [0.4, 0.5) is 0 Å². The van der Waals surface area contributed by atoms with Crippen molar-refractivity contribution in [3.05, 3.63) is 0 Å². The number of morpholine rings is 1. The second kappa shape index (κ2) is 6.30. The van der Waals surface area contributed by atoms with E-state index >= 15 is 0 Å². The highest BCUT2D eigenvalue weighted by Gasteiger charge is 2.30. The zero-order valence-corrected chi connectivity index (χ0v) is 10.1. The molecule has 0 spiro atoms. The van der Waals surface area contributed by atoms with Crippen LogP contribution in [-0.4, -0.2) is 69.5 Å². The largest absolute Gasteiger partial charge is 0.379 e. The first-order chi connectivity index (χ1) is 8.27. The summed E-state index contributed by atoms with van der Waals surface area (Å²) in [6.07, 6.45) is 0. The van der Waals surface area contributed by atoms with Crippen LogP contribution in [0, 0.1) is 5.92 Å². The molecule has 2 fully saturated rings. The van der Waals surface area contributed by atoms with E-state index in [0.29, 0.717) is 19.8 Å². The van der Waals surface area contributed by atoms with Crippen molar-refractivity contribution in [2.24, 2.45) is 11.7 Å². The Morgan fingerprint density at radius 1 is 1.29 bits per heavy atom. The van der Waals surface area contributed by atoms with Crippen LogP contribution in [-0.2, 0) is 14.3 Å². The minimum absolute atomic E-state index is 0.0169. The summed E-state index contributed by atoms with van der Waals surface area (Å²) in [5.41, 5.74) is 5.78. The van der Waals surface area contributed by atoms with Crippen LogP contribution in [0.25, 0.3) is 0 Å². The number of carbonyl (C=O) groups excluding carboxylic acids is 1. The van der Waals surface area contributed by atoms with Gasteiger partial charge in [0.05, 0.1) is 32.3 Å². The predicted octanol–water partition coefficient (Wildman–Crippen LogP) is -1.59. The van der Waals surface area contributed by atoms with Gasteiger partial charge < -0.3 is 20.5 Å². The molecule has 2 aliphatic rings. The number of hydrogen-bond acceptors (Lipinski definition) is 5. The van der Waals surface area contributed by atoms with Crippen LogP contribution >= 0.6 is 0 Å². The van der Waals surface area contributed by atoms with Crippen molar-refractivity contribution < 1.29 is 14.3 Å². The molecule has 0 aromatic carbocycles. The van der Waals surface area contributed by atoms with E-state index in [0.717, 1.165) is 32.8 Å². The van der Waals surface area contributed by atoms with E-state index in [1.165, 1.54) is 0 Å². The molecule has 3 N–H and O–H groups in total. The zero-order chi connectivity index (χ0) is 12.1. The molecule has 2 heterocycles.